The summed E-state index contributed by atoms with van der Waals surface area (Å²) in [4.78, 5) is 0.478. The fourth-order valence-electron chi connectivity index (χ4n) is 2.61. The van der Waals surface area contributed by atoms with Crippen molar-refractivity contribution in [3.63, 3.8) is 0 Å². The Labute approximate surface area is 160 Å². The van der Waals surface area contributed by atoms with Gasteiger partial charge in [-0.05, 0) is 71.6 Å². The monoisotopic (exact) mass is 382 g/mol. The third kappa shape index (κ3) is 4.31. The number of rotatable bonds is 4. The molecule has 0 fully saturated rings. The SMILES string of the molecule is CC(C)(C)c1ccc(S(=O)(=O)c2ccc(Oc3ccc(O)cc3)cc2)cc1. The van der Waals surface area contributed by atoms with Crippen LogP contribution in [0, 0.1) is 0 Å². The molecule has 27 heavy (non-hydrogen) atoms. The second kappa shape index (κ2) is 7.08. The Balaban J connectivity index is 1.82. The summed E-state index contributed by atoms with van der Waals surface area (Å²) in [6.07, 6.45) is 0. The topological polar surface area (TPSA) is 63.6 Å². The molecule has 0 aliphatic rings. The minimum Gasteiger partial charge on any atom is -0.508 e. The highest BCUT2D eigenvalue weighted by Gasteiger charge is 2.19. The summed E-state index contributed by atoms with van der Waals surface area (Å²) in [6.45, 7) is 6.26. The van der Waals surface area contributed by atoms with Gasteiger partial charge in [-0.1, -0.05) is 32.9 Å². The van der Waals surface area contributed by atoms with E-state index in [0.29, 0.717) is 11.5 Å². The fourth-order valence-corrected chi connectivity index (χ4v) is 3.87. The molecule has 5 heteroatoms. The minimum absolute atomic E-state index is 0.0322. The molecule has 0 atom stereocenters. The zero-order chi connectivity index (χ0) is 19.7. The second-order valence-corrected chi connectivity index (χ2v) is 9.29. The van der Waals surface area contributed by atoms with Crippen molar-refractivity contribution in [2.75, 3.05) is 0 Å². The predicted octanol–water partition coefficient (Wildman–Crippen LogP) is 5.31. The predicted molar refractivity (Wildman–Crippen MR) is 105 cm³/mol. The first kappa shape index (κ1) is 19.0. The van der Waals surface area contributed by atoms with Crippen molar-refractivity contribution in [3.05, 3.63) is 78.4 Å². The molecule has 1 N–H and O–H groups in total. The summed E-state index contributed by atoms with van der Waals surface area (Å²) in [5.41, 5.74) is 1.05. The molecule has 0 radical (unpaired) electrons. The van der Waals surface area contributed by atoms with Crippen molar-refractivity contribution in [1.29, 1.82) is 0 Å². The van der Waals surface area contributed by atoms with E-state index in [2.05, 4.69) is 20.8 Å². The van der Waals surface area contributed by atoms with Crippen LogP contribution in [0.25, 0.3) is 0 Å². The zero-order valence-corrected chi connectivity index (χ0v) is 16.3. The van der Waals surface area contributed by atoms with E-state index < -0.39 is 9.84 Å². The average molecular weight is 382 g/mol. The number of phenolic OH excluding ortho intramolecular Hbond substituents is 1. The highest BCUT2D eigenvalue weighted by Crippen LogP contribution is 2.28. The first-order valence-electron chi connectivity index (χ1n) is 8.59. The number of hydrogen-bond acceptors (Lipinski definition) is 4. The van der Waals surface area contributed by atoms with Crippen LogP contribution in [0.2, 0.25) is 0 Å². The van der Waals surface area contributed by atoms with Gasteiger partial charge in [-0.25, -0.2) is 8.42 Å². The van der Waals surface area contributed by atoms with E-state index in [-0.39, 0.29) is 21.0 Å². The normalized spacial score (nSPS) is 12.0. The summed E-state index contributed by atoms with van der Waals surface area (Å²) in [5, 5.41) is 9.30. The summed E-state index contributed by atoms with van der Waals surface area (Å²) < 4.78 is 31.3. The van der Waals surface area contributed by atoms with Crippen molar-refractivity contribution in [1.82, 2.24) is 0 Å². The summed E-state index contributed by atoms with van der Waals surface area (Å²) in [7, 11) is -3.59. The van der Waals surface area contributed by atoms with Gasteiger partial charge in [0, 0.05) is 0 Å². The Morgan fingerprint density at radius 1 is 0.704 bits per heavy atom. The smallest absolute Gasteiger partial charge is 0.206 e. The van der Waals surface area contributed by atoms with Gasteiger partial charge in [0.25, 0.3) is 0 Å². The maximum absolute atomic E-state index is 12.8. The van der Waals surface area contributed by atoms with Crippen LogP contribution in [0.15, 0.2) is 82.6 Å². The van der Waals surface area contributed by atoms with E-state index in [1.165, 1.54) is 24.3 Å². The van der Waals surface area contributed by atoms with Crippen molar-refractivity contribution in [3.8, 4) is 17.2 Å². The third-order valence-electron chi connectivity index (χ3n) is 4.24. The molecule has 0 bridgehead atoms. The quantitative estimate of drug-likeness (QED) is 0.664. The van der Waals surface area contributed by atoms with Crippen molar-refractivity contribution in [2.45, 2.75) is 36.0 Å². The number of benzene rings is 3. The maximum Gasteiger partial charge on any atom is 0.206 e. The molecule has 0 spiro atoms. The van der Waals surface area contributed by atoms with Crippen LogP contribution in [0.4, 0.5) is 0 Å². The first-order valence-corrected chi connectivity index (χ1v) is 10.1. The molecular weight excluding hydrogens is 360 g/mol. The lowest BCUT2D eigenvalue weighted by Crippen LogP contribution is -2.11. The van der Waals surface area contributed by atoms with Crippen molar-refractivity contribution in [2.24, 2.45) is 0 Å². The molecular formula is C22H22O4S. The van der Waals surface area contributed by atoms with Crippen LogP contribution in [-0.2, 0) is 15.3 Å². The van der Waals surface area contributed by atoms with E-state index in [9.17, 15) is 13.5 Å². The van der Waals surface area contributed by atoms with Gasteiger partial charge in [0.2, 0.25) is 9.84 Å². The van der Waals surface area contributed by atoms with Crippen LogP contribution in [0.5, 0.6) is 17.2 Å². The van der Waals surface area contributed by atoms with Crippen molar-refractivity contribution < 1.29 is 18.3 Å². The molecule has 0 amide bonds. The lowest BCUT2D eigenvalue weighted by atomic mass is 9.87. The zero-order valence-electron chi connectivity index (χ0n) is 15.5. The van der Waals surface area contributed by atoms with Crippen LogP contribution < -0.4 is 4.74 Å². The third-order valence-corrected chi connectivity index (χ3v) is 6.02. The Hall–Kier alpha value is -2.79. The number of aromatic hydroxyl groups is 1. The molecule has 3 aromatic rings. The summed E-state index contributed by atoms with van der Waals surface area (Å²) in [5.74, 6) is 1.23. The van der Waals surface area contributed by atoms with E-state index >= 15 is 0 Å². The largest absolute Gasteiger partial charge is 0.508 e. The molecule has 0 saturated carbocycles. The second-order valence-electron chi connectivity index (χ2n) is 7.35. The molecule has 0 aromatic heterocycles. The van der Waals surface area contributed by atoms with Gasteiger partial charge in [0.05, 0.1) is 9.79 Å². The van der Waals surface area contributed by atoms with Crippen LogP contribution in [0.1, 0.15) is 26.3 Å². The fraction of sp³-hybridized carbons (Fsp3) is 0.182. The number of hydrogen-bond donors (Lipinski definition) is 1. The molecule has 0 unspecified atom stereocenters. The van der Waals surface area contributed by atoms with Crippen LogP contribution in [0.3, 0.4) is 0 Å². The van der Waals surface area contributed by atoms with Gasteiger partial charge in [0.15, 0.2) is 0 Å². The lowest BCUT2D eigenvalue weighted by Gasteiger charge is -2.19. The summed E-state index contributed by atoms with van der Waals surface area (Å²) in [6, 6.07) is 19.6. The Bertz CT molecular complexity index is 1010. The van der Waals surface area contributed by atoms with Crippen molar-refractivity contribution >= 4 is 9.84 Å². The number of sulfone groups is 1. The average Bonchev–Trinajstić information content (AvgIpc) is 2.63. The van der Waals surface area contributed by atoms with E-state index in [4.69, 9.17) is 4.74 Å². The Morgan fingerprint density at radius 3 is 1.56 bits per heavy atom. The Kier molecular flexibility index (Phi) is 4.98. The molecule has 0 aliphatic heterocycles. The highest BCUT2D eigenvalue weighted by molar-refractivity contribution is 7.91. The van der Waals surface area contributed by atoms with E-state index in [1.54, 1.807) is 36.4 Å². The highest BCUT2D eigenvalue weighted by atomic mass is 32.2. The molecule has 4 nitrogen and oxygen atoms in total. The standard InChI is InChI=1S/C22H22O4S/c1-22(2,3)16-4-12-20(13-5-16)27(24,25)21-14-10-19(11-15-21)26-18-8-6-17(23)7-9-18/h4-15,23H,1-3H3. The van der Waals surface area contributed by atoms with Crippen LogP contribution >= 0.6 is 0 Å². The van der Waals surface area contributed by atoms with Gasteiger partial charge >= 0.3 is 0 Å². The van der Waals surface area contributed by atoms with E-state index in [0.717, 1.165) is 5.56 Å². The maximum atomic E-state index is 12.8. The van der Waals surface area contributed by atoms with Gasteiger partial charge in [0.1, 0.15) is 17.2 Å². The molecule has 3 rings (SSSR count). The van der Waals surface area contributed by atoms with Gasteiger partial charge in [-0.2, -0.15) is 0 Å². The number of phenols is 1. The van der Waals surface area contributed by atoms with Gasteiger partial charge < -0.3 is 9.84 Å². The van der Waals surface area contributed by atoms with Gasteiger partial charge in [-0.3, -0.25) is 0 Å². The molecule has 140 valence electrons. The van der Waals surface area contributed by atoms with E-state index in [1.807, 2.05) is 12.1 Å². The molecule has 0 heterocycles. The first-order chi connectivity index (χ1) is 12.7. The number of ether oxygens (including phenoxy) is 1. The summed E-state index contributed by atoms with van der Waals surface area (Å²) >= 11 is 0. The van der Waals surface area contributed by atoms with Gasteiger partial charge in [-0.15, -0.1) is 0 Å². The Morgan fingerprint density at radius 2 is 1.11 bits per heavy atom. The molecule has 0 aliphatic carbocycles. The molecule has 0 saturated heterocycles. The lowest BCUT2D eigenvalue weighted by molar-refractivity contribution is 0.464. The minimum atomic E-state index is -3.59. The molecule has 3 aromatic carbocycles. The van der Waals surface area contributed by atoms with Crippen LogP contribution in [-0.4, -0.2) is 13.5 Å².